The van der Waals surface area contributed by atoms with Crippen molar-refractivity contribution in [2.24, 2.45) is 5.92 Å². The third-order valence-electron chi connectivity index (χ3n) is 6.56. The fourth-order valence-corrected chi connectivity index (χ4v) is 4.45. The zero-order chi connectivity index (χ0) is 18.3. The molecule has 2 amide bonds. The highest BCUT2D eigenvalue weighted by Gasteiger charge is 2.44. The molecule has 1 spiro atoms. The Bertz CT molecular complexity index is 696. The molecule has 6 nitrogen and oxygen atoms in total. The highest BCUT2D eigenvalue weighted by molar-refractivity contribution is 5.95. The smallest absolute Gasteiger partial charge is 0.257 e. The van der Waals surface area contributed by atoms with E-state index in [4.69, 9.17) is 4.42 Å². The average molecular weight is 359 g/mol. The molecule has 1 unspecified atom stereocenters. The number of carbonyl (C=O) groups is 2. The Kier molecular flexibility index (Phi) is 4.55. The third-order valence-corrected chi connectivity index (χ3v) is 6.56. The van der Waals surface area contributed by atoms with Crippen LogP contribution < -0.4 is 0 Å². The fourth-order valence-electron chi connectivity index (χ4n) is 4.45. The van der Waals surface area contributed by atoms with Gasteiger partial charge in [-0.1, -0.05) is 0 Å². The Hall–Kier alpha value is -1.82. The largest absolute Gasteiger partial charge is 0.469 e. The van der Waals surface area contributed by atoms with Gasteiger partial charge < -0.3 is 14.2 Å². The van der Waals surface area contributed by atoms with Crippen LogP contribution in [0.1, 0.15) is 48.2 Å². The Morgan fingerprint density at radius 1 is 1.27 bits per heavy atom. The number of amides is 2. The molecule has 0 radical (unpaired) electrons. The van der Waals surface area contributed by atoms with E-state index < -0.39 is 0 Å². The van der Waals surface area contributed by atoms with Gasteiger partial charge in [0.1, 0.15) is 5.76 Å². The molecular weight excluding hydrogens is 330 g/mol. The topological polar surface area (TPSA) is 57.0 Å². The van der Waals surface area contributed by atoms with Crippen LogP contribution in [0.4, 0.5) is 0 Å². The predicted octanol–water partition coefficient (Wildman–Crippen LogP) is 2.14. The van der Waals surface area contributed by atoms with Crippen molar-refractivity contribution in [2.75, 3.05) is 39.8 Å². The first-order chi connectivity index (χ1) is 12.5. The van der Waals surface area contributed by atoms with Gasteiger partial charge >= 0.3 is 0 Å². The molecule has 3 fully saturated rings. The molecule has 4 rings (SSSR count). The highest BCUT2D eigenvalue weighted by atomic mass is 16.3. The van der Waals surface area contributed by atoms with E-state index in [2.05, 4.69) is 16.8 Å². The summed E-state index contributed by atoms with van der Waals surface area (Å²) in [5.41, 5.74) is 0.559. The summed E-state index contributed by atoms with van der Waals surface area (Å²) in [5.74, 6) is 1.74. The van der Waals surface area contributed by atoms with Crippen molar-refractivity contribution in [3.8, 4) is 0 Å². The minimum Gasteiger partial charge on any atom is -0.469 e. The van der Waals surface area contributed by atoms with Gasteiger partial charge in [0.05, 0.1) is 11.8 Å². The monoisotopic (exact) mass is 359 g/mol. The summed E-state index contributed by atoms with van der Waals surface area (Å²) in [5, 5.41) is 0. The van der Waals surface area contributed by atoms with Crippen molar-refractivity contribution in [2.45, 2.75) is 44.6 Å². The maximum atomic E-state index is 13.0. The number of hydrogen-bond acceptors (Lipinski definition) is 4. The number of carbonyl (C=O) groups excluding carboxylic acids is 2. The summed E-state index contributed by atoms with van der Waals surface area (Å²) >= 11 is 0. The van der Waals surface area contributed by atoms with Crippen LogP contribution >= 0.6 is 0 Å². The van der Waals surface area contributed by atoms with Gasteiger partial charge in [-0.2, -0.15) is 0 Å². The summed E-state index contributed by atoms with van der Waals surface area (Å²) < 4.78 is 5.32. The molecule has 1 saturated carbocycles. The molecule has 1 atom stereocenters. The maximum Gasteiger partial charge on any atom is 0.257 e. The van der Waals surface area contributed by atoms with Gasteiger partial charge in [-0.15, -0.1) is 0 Å². The first-order valence-corrected chi connectivity index (χ1v) is 9.81. The zero-order valence-corrected chi connectivity index (χ0v) is 15.9. The number of furan rings is 1. The summed E-state index contributed by atoms with van der Waals surface area (Å²) in [7, 11) is 2.14. The molecule has 1 aromatic rings. The lowest BCUT2D eigenvalue weighted by Crippen LogP contribution is -2.62. The molecule has 26 heavy (non-hydrogen) atoms. The van der Waals surface area contributed by atoms with E-state index in [9.17, 15) is 9.59 Å². The highest BCUT2D eigenvalue weighted by Crippen LogP contribution is 2.35. The van der Waals surface area contributed by atoms with Crippen molar-refractivity contribution >= 4 is 11.8 Å². The summed E-state index contributed by atoms with van der Waals surface area (Å²) in [6.07, 6.45) is 6.47. The van der Waals surface area contributed by atoms with Gasteiger partial charge in [-0.25, -0.2) is 0 Å². The number of piperazine rings is 1. The lowest BCUT2D eigenvalue weighted by Gasteiger charge is -2.49. The van der Waals surface area contributed by atoms with Gasteiger partial charge in [0.25, 0.3) is 5.91 Å². The van der Waals surface area contributed by atoms with Gasteiger partial charge in [0, 0.05) is 44.7 Å². The SMILES string of the molecule is Cc1occc1C(=O)N1CCN(C)C2(CCC(=O)N(CC3CC3)CC2)C1. The van der Waals surface area contributed by atoms with Gasteiger partial charge in [0.15, 0.2) is 0 Å². The number of hydrogen-bond donors (Lipinski definition) is 0. The van der Waals surface area contributed by atoms with Crippen LogP contribution in [0.25, 0.3) is 0 Å². The Morgan fingerprint density at radius 3 is 2.77 bits per heavy atom. The number of likely N-dealkylation sites (tertiary alicyclic amines) is 1. The molecule has 1 aromatic heterocycles. The number of nitrogens with zero attached hydrogens (tertiary/aromatic N) is 3. The first kappa shape index (κ1) is 17.6. The molecule has 1 aliphatic carbocycles. The number of aryl methyl sites for hydroxylation is 1. The zero-order valence-electron chi connectivity index (χ0n) is 15.9. The molecule has 0 aromatic carbocycles. The third kappa shape index (κ3) is 3.27. The number of rotatable bonds is 3. The normalized spacial score (nSPS) is 27.8. The number of likely N-dealkylation sites (N-methyl/N-ethyl adjacent to an activating group) is 1. The molecule has 2 saturated heterocycles. The van der Waals surface area contributed by atoms with Crippen LogP contribution in [-0.4, -0.2) is 71.8 Å². The predicted molar refractivity (Wildman–Crippen MR) is 97.9 cm³/mol. The Balaban J connectivity index is 1.49. The Labute approximate surface area is 155 Å². The lowest BCUT2D eigenvalue weighted by atomic mass is 9.86. The molecule has 0 N–H and O–H groups in total. The van der Waals surface area contributed by atoms with E-state index in [0.717, 1.165) is 44.9 Å². The fraction of sp³-hybridized carbons (Fsp3) is 0.700. The van der Waals surface area contributed by atoms with Crippen LogP contribution in [0.3, 0.4) is 0 Å². The van der Waals surface area contributed by atoms with Crippen LogP contribution in [0.2, 0.25) is 0 Å². The van der Waals surface area contributed by atoms with Crippen molar-refractivity contribution in [1.82, 2.24) is 14.7 Å². The quantitative estimate of drug-likeness (QED) is 0.830. The second kappa shape index (κ2) is 6.72. The first-order valence-electron chi connectivity index (χ1n) is 9.81. The molecule has 2 aliphatic heterocycles. The average Bonchev–Trinajstić information content (AvgIpc) is 3.38. The van der Waals surface area contributed by atoms with Crippen LogP contribution in [-0.2, 0) is 4.79 Å². The standard InChI is InChI=1S/C20H29N3O3/c1-15-17(6-12-26-15)19(25)23-11-10-21(2)20(14-23)7-5-18(24)22(9-8-20)13-16-3-4-16/h6,12,16H,3-5,7-11,13-14H2,1-2H3. The van der Waals surface area contributed by atoms with E-state index in [1.807, 2.05) is 11.8 Å². The summed E-state index contributed by atoms with van der Waals surface area (Å²) in [6, 6.07) is 1.76. The maximum absolute atomic E-state index is 13.0. The summed E-state index contributed by atoms with van der Waals surface area (Å²) in [6.45, 7) is 5.83. The van der Waals surface area contributed by atoms with Crippen LogP contribution in [0.15, 0.2) is 16.7 Å². The lowest BCUT2D eigenvalue weighted by molar-refractivity contribution is -0.130. The van der Waals surface area contributed by atoms with Crippen LogP contribution in [0.5, 0.6) is 0 Å². The molecule has 3 aliphatic rings. The van der Waals surface area contributed by atoms with E-state index in [0.29, 0.717) is 24.3 Å². The molecule has 142 valence electrons. The van der Waals surface area contributed by atoms with E-state index in [1.165, 1.54) is 12.8 Å². The van der Waals surface area contributed by atoms with Crippen molar-refractivity contribution in [1.29, 1.82) is 0 Å². The molecular formula is C20H29N3O3. The van der Waals surface area contributed by atoms with Gasteiger partial charge in [-0.3, -0.25) is 14.5 Å². The Morgan fingerprint density at radius 2 is 2.08 bits per heavy atom. The van der Waals surface area contributed by atoms with Crippen molar-refractivity contribution < 1.29 is 14.0 Å². The van der Waals surface area contributed by atoms with Gasteiger partial charge in [-0.05, 0) is 51.6 Å². The summed E-state index contributed by atoms with van der Waals surface area (Å²) in [4.78, 5) is 31.9. The second-order valence-corrected chi connectivity index (χ2v) is 8.30. The van der Waals surface area contributed by atoms with E-state index >= 15 is 0 Å². The molecule has 3 heterocycles. The minimum absolute atomic E-state index is 0.0501. The second-order valence-electron chi connectivity index (χ2n) is 8.30. The van der Waals surface area contributed by atoms with Crippen LogP contribution in [0, 0.1) is 12.8 Å². The minimum atomic E-state index is -0.0977. The van der Waals surface area contributed by atoms with E-state index in [-0.39, 0.29) is 17.4 Å². The molecule has 0 bridgehead atoms. The van der Waals surface area contributed by atoms with Gasteiger partial charge in [0.2, 0.25) is 5.91 Å². The molecule has 6 heteroatoms. The van der Waals surface area contributed by atoms with E-state index in [1.54, 1.807) is 12.3 Å². The van der Waals surface area contributed by atoms with Crippen molar-refractivity contribution in [3.63, 3.8) is 0 Å². The van der Waals surface area contributed by atoms with Crippen molar-refractivity contribution in [3.05, 3.63) is 23.7 Å².